The van der Waals surface area contributed by atoms with Gasteiger partial charge in [-0.05, 0) is 61.8 Å². The van der Waals surface area contributed by atoms with Crippen LogP contribution in [0, 0.1) is 0 Å². The van der Waals surface area contributed by atoms with Gasteiger partial charge in [0.1, 0.15) is 12.6 Å². The Kier molecular flexibility index (Phi) is 9.78. The first-order chi connectivity index (χ1) is 26.1. The van der Waals surface area contributed by atoms with Crippen molar-refractivity contribution in [3.63, 3.8) is 0 Å². The Morgan fingerprint density at radius 3 is 1.64 bits per heavy atom. The van der Waals surface area contributed by atoms with Crippen LogP contribution in [-0.2, 0) is 14.3 Å². The Bertz CT molecular complexity index is 2220. The molecule has 0 bridgehead atoms. The molecule has 0 fully saturated rings. The minimum Gasteiger partial charge on any atom is -0.449 e. The molecule has 0 saturated heterocycles. The highest BCUT2D eigenvalue weighted by Crippen LogP contribution is 2.49. The van der Waals surface area contributed by atoms with Crippen LogP contribution in [0.15, 0.2) is 182 Å². The van der Waals surface area contributed by atoms with Crippen LogP contribution in [0.2, 0.25) is 0 Å². The molecule has 0 aliphatic heterocycles. The second-order valence-corrected chi connectivity index (χ2v) is 14.4. The maximum atomic E-state index is 14.3. The van der Waals surface area contributed by atoms with Gasteiger partial charge < -0.3 is 15.4 Å². The van der Waals surface area contributed by atoms with E-state index in [1.54, 1.807) is 11.8 Å². The summed E-state index contributed by atoms with van der Waals surface area (Å²) in [6, 6.07) is 60.4. The number of amides is 2. The van der Waals surface area contributed by atoms with Gasteiger partial charge in [-0.25, -0.2) is 4.79 Å². The van der Waals surface area contributed by atoms with Crippen molar-refractivity contribution >= 4 is 40.2 Å². The Labute approximate surface area is 314 Å². The van der Waals surface area contributed by atoms with Gasteiger partial charge in [0.2, 0.25) is 5.91 Å². The van der Waals surface area contributed by atoms with Gasteiger partial charge in [-0.3, -0.25) is 4.79 Å². The van der Waals surface area contributed by atoms with E-state index in [1.165, 1.54) is 0 Å². The summed E-state index contributed by atoms with van der Waals surface area (Å²) in [6.07, 6.45) is -0.643. The van der Waals surface area contributed by atoms with Crippen molar-refractivity contribution in [3.8, 4) is 11.1 Å². The number of benzene rings is 7. The van der Waals surface area contributed by atoms with E-state index in [4.69, 9.17) is 4.74 Å². The molecule has 6 heteroatoms. The quantitative estimate of drug-likeness (QED) is 0.131. The summed E-state index contributed by atoms with van der Waals surface area (Å²) in [5.74, 6) is -0.180. The number of anilines is 1. The van der Waals surface area contributed by atoms with Gasteiger partial charge in [-0.2, -0.15) is 0 Å². The van der Waals surface area contributed by atoms with E-state index in [2.05, 4.69) is 71.3 Å². The SMILES string of the molecule is O=C(N[C@@H](CSC(c1ccccc1)(c1ccccc1)c1ccccc1)C(=O)Nc1ccc2ccccc2c1)OCC1c2ccccc2-c2ccccc21. The first-order valence-corrected chi connectivity index (χ1v) is 18.8. The lowest BCUT2D eigenvalue weighted by molar-refractivity contribution is -0.117. The fraction of sp³-hybridized carbons (Fsp3) is 0.106. The van der Waals surface area contributed by atoms with Crippen LogP contribution in [-0.4, -0.2) is 30.4 Å². The van der Waals surface area contributed by atoms with E-state index in [-0.39, 0.29) is 24.2 Å². The summed E-state index contributed by atoms with van der Waals surface area (Å²) in [6.45, 7) is 0.147. The maximum Gasteiger partial charge on any atom is 0.407 e. The predicted molar refractivity (Wildman–Crippen MR) is 216 cm³/mol. The van der Waals surface area contributed by atoms with Gasteiger partial charge in [0.05, 0.1) is 4.75 Å². The second-order valence-electron chi connectivity index (χ2n) is 13.2. The summed E-state index contributed by atoms with van der Waals surface area (Å²) in [5, 5.41) is 8.16. The van der Waals surface area contributed by atoms with Crippen molar-refractivity contribution in [3.05, 3.63) is 210 Å². The number of nitrogens with one attached hydrogen (secondary N) is 2. The molecular weight excluding hydrogens is 673 g/mol. The molecule has 2 amide bonds. The van der Waals surface area contributed by atoms with Crippen molar-refractivity contribution < 1.29 is 14.3 Å². The molecule has 0 saturated carbocycles. The van der Waals surface area contributed by atoms with Crippen LogP contribution in [0.3, 0.4) is 0 Å². The lowest BCUT2D eigenvalue weighted by Crippen LogP contribution is -2.47. The lowest BCUT2D eigenvalue weighted by Gasteiger charge is -2.36. The molecular formula is C47H38N2O3S. The molecule has 260 valence electrons. The number of ether oxygens (including phenoxy) is 1. The molecule has 0 unspecified atom stereocenters. The second kappa shape index (κ2) is 15.2. The van der Waals surface area contributed by atoms with Crippen molar-refractivity contribution in [2.24, 2.45) is 0 Å². The molecule has 53 heavy (non-hydrogen) atoms. The molecule has 7 aromatic carbocycles. The third kappa shape index (κ3) is 6.94. The van der Waals surface area contributed by atoms with Crippen LogP contribution in [0.1, 0.15) is 33.7 Å². The molecule has 2 N–H and O–H groups in total. The number of carbonyl (C=O) groups is 2. The van der Waals surface area contributed by atoms with Crippen molar-refractivity contribution in [1.29, 1.82) is 0 Å². The number of thioether (sulfide) groups is 1. The lowest BCUT2D eigenvalue weighted by atomic mass is 9.84. The van der Waals surface area contributed by atoms with Crippen LogP contribution >= 0.6 is 11.8 Å². The molecule has 0 radical (unpaired) electrons. The molecule has 0 spiro atoms. The summed E-state index contributed by atoms with van der Waals surface area (Å²) in [4.78, 5) is 28.1. The van der Waals surface area contributed by atoms with Gasteiger partial charge in [0.15, 0.2) is 0 Å². The molecule has 1 atom stereocenters. The molecule has 1 aliphatic carbocycles. The summed E-state index contributed by atoms with van der Waals surface area (Å²) in [5.41, 5.74) is 8.41. The molecule has 5 nitrogen and oxygen atoms in total. The van der Waals surface area contributed by atoms with Gasteiger partial charge in [-0.15, -0.1) is 11.8 Å². The Balaban J connectivity index is 1.10. The van der Waals surface area contributed by atoms with Gasteiger partial charge in [0, 0.05) is 17.4 Å². The average molecular weight is 711 g/mol. The van der Waals surface area contributed by atoms with Crippen LogP contribution in [0.25, 0.3) is 21.9 Å². The normalized spacial score (nSPS) is 12.8. The standard InChI is InChI=1S/C47H38N2O3S/c50-45(48-38-29-28-33-16-10-11-17-34(33)30-38)44(49-46(51)52-31-43-41-26-14-12-24-39(41)40-25-13-15-27-42(40)43)32-53-47(35-18-4-1-5-19-35,36-20-6-2-7-21-36)37-22-8-3-9-23-37/h1-30,43-44H,31-32H2,(H,48,50)(H,49,51)/t44-/m0/s1. The predicted octanol–water partition coefficient (Wildman–Crippen LogP) is 10.4. The van der Waals surface area contributed by atoms with Crippen molar-refractivity contribution in [1.82, 2.24) is 5.32 Å². The summed E-state index contributed by atoms with van der Waals surface area (Å²) >= 11 is 1.61. The van der Waals surface area contributed by atoms with E-state index in [1.807, 2.05) is 121 Å². The minimum absolute atomic E-state index is 0.103. The highest BCUT2D eigenvalue weighted by molar-refractivity contribution is 8.00. The third-order valence-corrected chi connectivity index (χ3v) is 11.6. The van der Waals surface area contributed by atoms with Gasteiger partial charge in [-0.1, -0.05) is 170 Å². The zero-order valence-electron chi connectivity index (χ0n) is 29.0. The van der Waals surface area contributed by atoms with Crippen molar-refractivity contribution in [2.75, 3.05) is 17.7 Å². The topological polar surface area (TPSA) is 67.4 Å². The fourth-order valence-electron chi connectivity index (χ4n) is 7.44. The third-order valence-electron chi connectivity index (χ3n) is 9.98. The Morgan fingerprint density at radius 1 is 0.585 bits per heavy atom. The number of alkyl carbamates (subject to hydrolysis) is 1. The van der Waals surface area contributed by atoms with E-state index in [9.17, 15) is 9.59 Å². The summed E-state index contributed by atoms with van der Waals surface area (Å²) < 4.78 is 5.29. The number of hydrogen-bond donors (Lipinski definition) is 2. The molecule has 0 heterocycles. The fourth-order valence-corrected chi connectivity index (χ4v) is 9.00. The zero-order chi connectivity index (χ0) is 36.0. The molecule has 8 rings (SSSR count). The van der Waals surface area contributed by atoms with Crippen LogP contribution < -0.4 is 10.6 Å². The molecule has 0 aromatic heterocycles. The largest absolute Gasteiger partial charge is 0.449 e. The smallest absolute Gasteiger partial charge is 0.407 e. The van der Waals surface area contributed by atoms with E-state index in [0.717, 1.165) is 49.7 Å². The number of fused-ring (bicyclic) bond motifs is 4. The van der Waals surface area contributed by atoms with Crippen LogP contribution in [0.4, 0.5) is 10.5 Å². The maximum absolute atomic E-state index is 14.3. The average Bonchev–Trinajstić information content (AvgIpc) is 3.54. The highest BCUT2D eigenvalue weighted by atomic mass is 32.2. The number of hydrogen-bond acceptors (Lipinski definition) is 4. The number of rotatable bonds is 11. The van der Waals surface area contributed by atoms with E-state index >= 15 is 0 Å². The zero-order valence-corrected chi connectivity index (χ0v) is 29.8. The van der Waals surface area contributed by atoms with Crippen LogP contribution in [0.5, 0.6) is 0 Å². The first-order valence-electron chi connectivity index (χ1n) is 17.8. The Morgan fingerprint density at radius 2 is 1.08 bits per heavy atom. The monoisotopic (exact) mass is 710 g/mol. The van der Waals surface area contributed by atoms with Gasteiger partial charge >= 0.3 is 6.09 Å². The van der Waals surface area contributed by atoms with Gasteiger partial charge in [0.25, 0.3) is 0 Å². The highest BCUT2D eigenvalue weighted by Gasteiger charge is 2.39. The van der Waals surface area contributed by atoms with E-state index < -0.39 is 16.9 Å². The number of carbonyl (C=O) groups excluding carboxylic acids is 2. The van der Waals surface area contributed by atoms with E-state index in [0.29, 0.717) is 5.69 Å². The Hall–Kier alpha value is -6.11. The minimum atomic E-state index is -0.933. The summed E-state index contributed by atoms with van der Waals surface area (Å²) in [7, 11) is 0. The molecule has 7 aromatic rings. The van der Waals surface area contributed by atoms with Crippen molar-refractivity contribution in [2.45, 2.75) is 16.7 Å². The first kappa shape index (κ1) is 34.0. The molecule has 1 aliphatic rings.